The number of rotatable bonds is 6. The van der Waals surface area contributed by atoms with Crippen LogP contribution in [0.4, 0.5) is 0 Å². The first-order valence-corrected chi connectivity index (χ1v) is 14.4. The normalized spacial score (nSPS) is 26.5. The van der Waals surface area contributed by atoms with Crippen LogP contribution in [-0.2, 0) is 11.3 Å². The van der Waals surface area contributed by atoms with E-state index in [1.165, 1.54) is 5.39 Å². The average molecular weight is 556 g/mol. The van der Waals surface area contributed by atoms with Gasteiger partial charge in [0.25, 0.3) is 5.91 Å². The molecule has 1 saturated carbocycles. The number of aryl methyl sites for hydroxylation is 1. The number of hydrogen-bond donors (Lipinski definition) is 3. The van der Waals surface area contributed by atoms with Crippen molar-refractivity contribution in [2.24, 2.45) is 11.3 Å². The number of carbonyl (C=O) groups is 2. The van der Waals surface area contributed by atoms with Gasteiger partial charge in [0, 0.05) is 66.4 Å². The van der Waals surface area contributed by atoms with Crippen molar-refractivity contribution in [1.82, 2.24) is 20.1 Å². The first kappa shape index (κ1) is 27.3. The van der Waals surface area contributed by atoms with Crippen LogP contribution in [0.15, 0.2) is 42.6 Å². The minimum Gasteiger partial charge on any atom is -0.496 e. The largest absolute Gasteiger partial charge is 0.496 e. The summed E-state index contributed by atoms with van der Waals surface area (Å²) in [4.78, 5) is 32.2. The lowest BCUT2D eigenvalue weighted by atomic mass is 9.56. The van der Waals surface area contributed by atoms with Gasteiger partial charge in [0.15, 0.2) is 0 Å². The quantitative estimate of drug-likeness (QED) is 0.416. The number of aromatic amines is 1. The molecule has 1 spiro atoms. The molecule has 9 nitrogen and oxygen atoms in total. The van der Waals surface area contributed by atoms with Crippen molar-refractivity contribution in [1.29, 1.82) is 5.26 Å². The summed E-state index contributed by atoms with van der Waals surface area (Å²) in [7, 11) is 1.72. The van der Waals surface area contributed by atoms with Gasteiger partial charge in [0.2, 0.25) is 0 Å². The van der Waals surface area contributed by atoms with Crippen LogP contribution in [0.25, 0.3) is 10.9 Å². The molecule has 3 aliphatic rings. The number of carbonyl (C=O) groups excluding carboxylic acids is 1. The Kier molecular flexibility index (Phi) is 7.22. The number of nitrogens with zero attached hydrogens (tertiary/aromatic N) is 3. The topological polar surface area (TPSA) is 122 Å². The number of ether oxygens (including phenoxy) is 1. The predicted octanol–water partition coefficient (Wildman–Crippen LogP) is 4.24. The number of likely N-dealkylation sites (tertiary alicyclic amines) is 1. The van der Waals surface area contributed by atoms with E-state index in [0.29, 0.717) is 18.7 Å². The van der Waals surface area contributed by atoms with Gasteiger partial charge in [-0.2, -0.15) is 5.26 Å². The van der Waals surface area contributed by atoms with Gasteiger partial charge in [0.05, 0.1) is 13.2 Å². The lowest BCUT2D eigenvalue weighted by molar-refractivity contribution is -0.140. The molecule has 2 saturated heterocycles. The highest BCUT2D eigenvalue weighted by Crippen LogP contribution is 2.56. The molecule has 0 bridgehead atoms. The number of H-pyrrole nitrogens is 1. The Labute approximate surface area is 240 Å². The van der Waals surface area contributed by atoms with E-state index in [-0.39, 0.29) is 29.8 Å². The van der Waals surface area contributed by atoms with Crippen LogP contribution >= 0.6 is 0 Å². The van der Waals surface area contributed by atoms with Gasteiger partial charge in [-0.1, -0.05) is 12.1 Å². The van der Waals surface area contributed by atoms with Crippen LogP contribution < -0.4 is 10.1 Å². The average Bonchev–Trinajstić information content (AvgIpc) is 3.48. The molecule has 1 aliphatic carbocycles. The molecular weight excluding hydrogens is 518 g/mol. The highest BCUT2D eigenvalue weighted by molar-refractivity contribution is 5.94. The van der Waals surface area contributed by atoms with Crippen LogP contribution in [0.2, 0.25) is 0 Å². The van der Waals surface area contributed by atoms with Crippen molar-refractivity contribution < 1.29 is 19.4 Å². The summed E-state index contributed by atoms with van der Waals surface area (Å²) in [6.45, 7) is 4.84. The van der Waals surface area contributed by atoms with Gasteiger partial charge in [0.1, 0.15) is 11.8 Å². The molecule has 3 fully saturated rings. The highest BCUT2D eigenvalue weighted by atomic mass is 16.5. The van der Waals surface area contributed by atoms with Crippen LogP contribution in [-0.4, -0.2) is 71.1 Å². The monoisotopic (exact) mass is 555 g/mol. The van der Waals surface area contributed by atoms with E-state index in [1.807, 2.05) is 18.3 Å². The SMILES string of the molecule is COc1cc(C)c2[nH]ccc2c1CN1CCC2(CC(C#N)C2)C[C@H]1c1ccc(C(=O)N2CCNC(C(=O)O)C2)cc1. The first-order chi connectivity index (χ1) is 19.8. The summed E-state index contributed by atoms with van der Waals surface area (Å²) >= 11 is 0. The standard InChI is InChI=1S/C32H37N5O4/c1-20-13-28(41-2)25(24-7-9-35-29(20)24)18-36-11-8-32(14-21(15-32)17-33)16-27(36)22-3-5-23(6-4-22)30(38)37-12-10-34-26(19-37)31(39)40/h3-7,9,13,21,26-27,34-35H,8,10-12,14-16,18-19H2,1-2H3,(H,39,40)/t21?,26?,27-,32?/m0/s1. The van der Waals surface area contributed by atoms with E-state index in [1.54, 1.807) is 12.0 Å². The number of nitrogens with one attached hydrogen (secondary N) is 2. The lowest BCUT2D eigenvalue weighted by Gasteiger charge is -2.53. The second-order valence-electron chi connectivity index (χ2n) is 12.0. The van der Waals surface area contributed by atoms with Crippen LogP contribution in [0.1, 0.15) is 58.8 Å². The fraction of sp³-hybridized carbons (Fsp3) is 0.469. The Morgan fingerprint density at radius 2 is 1.95 bits per heavy atom. The van der Waals surface area contributed by atoms with Gasteiger partial charge in [-0.05, 0) is 80.0 Å². The van der Waals surface area contributed by atoms with E-state index in [4.69, 9.17) is 4.74 Å². The van der Waals surface area contributed by atoms with E-state index >= 15 is 0 Å². The van der Waals surface area contributed by atoms with Gasteiger partial charge in [-0.15, -0.1) is 0 Å². The number of aromatic nitrogens is 1. The van der Waals surface area contributed by atoms with Crippen LogP contribution in [0, 0.1) is 29.6 Å². The Hall–Kier alpha value is -3.87. The fourth-order valence-corrected chi connectivity index (χ4v) is 7.26. The maximum absolute atomic E-state index is 13.2. The summed E-state index contributed by atoms with van der Waals surface area (Å²) in [5.74, 6) is -0.0525. The summed E-state index contributed by atoms with van der Waals surface area (Å²) in [5, 5.41) is 23.0. The van der Waals surface area contributed by atoms with Gasteiger partial charge in [-0.25, -0.2) is 0 Å². The lowest BCUT2D eigenvalue weighted by Crippen LogP contribution is -2.55. The highest BCUT2D eigenvalue weighted by Gasteiger charge is 2.49. The zero-order valence-electron chi connectivity index (χ0n) is 23.7. The van der Waals surface area contributed by atoms with E-state index in [0.717, 1.165) is 66.7 Å². The summed E-state index contributed by atoms with van der Waals surface area (Å²) in [6.07, 6.45) is 5.92. The van der Waals surface area contributed by atoms with E-state index in [9.17, 15) is 20.0 Å². The number of hydrogen-bond acceptors (Lipinski definition) is 6. The summed E-state index contributed by atoms with van der Waals surface area (Å²) in [5.41, 5.74) is 5.35. The maximum Gasteiger partial charge on any atom is 0.322 e. The molecule has 2 aliphatic heterocycles. The van der Waals surface area contributed by atoms with E-state index < -0.39 is 12.0 Å². The molecule has 41 heavy (non-hydrogen) atoms. The van der Waals surface area contributed by atoms with Gasteiger partial charge in [-0.3, -0.25) is 14.5 Å². The van der Waals surface area contributed by atoms with Gasteiger partial charge >= 0.3 is 5.97 Å². The molecule has 1 aromatic heterocycles. The third-order valence-corrected chi connectivity index (χ3v) is 9.53. The van der Waals surface area contributed by atoms with Crippen molar-refractivity contribution in [3.8, 4) is 11.8 Å². The van der Waals surface area contributed by atoms with Crippen LogP contribution in [0.3, 0.4) is 0 Å². The molecule has 3 aromatic rings. The number of carboxylic acids is 1. The molecule has 2 aromatic carbocycles. The number of benzene rings is 2. The molecule has 1 unspecified atom stereocenters. The number of methoxy groups -OCH3 is 1. The second-order valence-corrected chi connectivity index (χ2v) is 12.0. The predicted molar refractivity (Wildman–Crippen MR) is 155 cm³/mol. The van der Waals surface area contributed by atoms with Gasteiger partial charge < -0.3 is 25.0 Å². The molecule has 6 rings (SSSR count). The Bertz CT molecular complexity index is 1500. The fourth-order valence-electron chi connectivity index (χ4n) is 7.26. The van der Waals surface area contributed by atoms with Crippen molar-refractivity contribution in [2.45, 2.75) is 51.2 Å². The molecule has 0 radical (unpaired) electrons. The number of aliphatic carboxylic acids is 1. The first-order valence-electron chi connectivity index (χ1n) is 14.4. The Balaban J connectivity index is 1.27. The van der Waals surface area contributed by atoms with E-state index in [2.05, 4.69) is 52.5 Å². The molecule has 1 amide bonds. The van der Waals surface area contributed by atoms with Crippen molar-refractivity contribution in [3.05, 3.63) is 64.8 Å². The third kappa shape index (κ3) is 5.07. The van der Waals surface area contributed by atoms with Crippen LogP contribution in [0.5, 0.6) is 5.75 Å². The van der Waals surface area contributed by atoms with Crippen molar-refractivity contribution >= 4 is 22.8 Å². The zero-order valence-corrected chi connectivity index (χ0v) is 23.7. The van der Waals surface area contributed by atoms with Crippen molar-refractivity contribution in [2.75, 3.05) is 33.3 Å². The number of fused-ring (bicyclic) bond motifs is 1. The minimum absolute atomic E-state index is 0.142. The molecule has 214 valence electrons. The zero-order chi connectivity index (χ0) is 28.7. The molecule has 3 N–H and O–H groups in total. The molecule has 3 heterocycles. The number of piperazine rings is 1. The number of nitriles is 1. The smallest absolute Gasteiger partial charge is 0.322 e. The maximum atomic E-state index is 13.2. The molecule has 2 atom stereocenters. The number of carboxylic acid groups (broad SMARTS) is 1. The minimum atomic E-state index is -0.944. The molecular formula is C32H37N5O4. The Morgan fingerprint density at radius 1 is 1.17 bits per heavy atom. The summed E-state index contributed by atoms with van der Waals surface area (Å²) in [6, 6.07) is 13.9. The van der Waals surface area contributed by atoms with Crippen molar-refractivity contribution in [3.63, 3.8) is 0 Å². The summed E-state index contributed by atoms with van der Waals surface area (Å²) < 4.78 is 5.85. The Morgan fingerprint density at radius 3 is 2.66 bits per heavy atom. The number of amides is 1. The second kappa shape index (κ2) is 10.8. The number of piperidine rings is 1. The molecule has 9 heteroatoms. The third-order valence-electron chi connectivity index (χ3n) is 9.53.